The molecule has 0 fully saturated rings. The van der Waals surface area contributed by atoms with Crippen molar-refractivity contribution >= 4 is 17.3 Å². The highest BCUT2D eigenvalue weighted by Crippen LogP contribution is 2.36. The van der Waals surface area contributed by atoms with Crippen LogP contribution in [-0.4, -0.2) is 29.0 Å². The van der Waals surface area contributed by atoms with Gasteiger partial charge in [-0.05, 0) is 0 Å². The van der Waals surface area contributed by atoms with Crippen LogP contribution >= 0.6 is 11.3 Å². The van der Waals surface area contributed by atoms with E-state index in [1.807, 2.05) is 0 Å². The number of methoxy groups -OCH3 is 1. The Hall–Kier alpha value is -2.03. The second-order valence-electron chi connectivity index (χ2n) is 4.13. The molecule has 2 aromatic rings. The minimum Gasteiger partial charge on any atom is -0.496 e. The van der Waals surface area contributed by atoms with Crippen molar-refractivity contribution in [3.05, 3.63) is 34.3 Å². The van der Waals surface area contributed by atoms with Crippen LogP contribution in [0, 0.1) is 0 Å². The van der Waals surface area contributed by atoms with Gasteiger partial charge in [-0.3, -0.25) is 4.68 Å². The SMILES string of the molecule is COc1csc(C(=O)O[C@H](c2cnn(C)c2)C(F)(F)F)c1. The van der Waals surface area contributed by atoms with E-state index in [1.54, 1.807) is 0 Å². The number of hydrogen-bond donors (Lipinski definition) is 0. The van der Waals surface area contributed by atoms with Crippen LogP contribution in [0.1, 0.15) is 21.3 Å². The number of aromatic nitrogens is 2. The van der Waals surface area contributed by atoms with Gasteiger partial charge in [-0.2, -0.15) is 18.3 Å². The summed E-state index contributed by atoms with van der Waals surface area (Å²) in [6, 6.07) is 1.32. The maximum Gasteiger partial charge on any atom is 0.429 e. The minimum atomic E-state index is -4.72. The number of thiophene rings is 1. The van der Waals surface area contributed by atoms with Crippen LogP contribution in [0.2, 0.25) is 0 Å². The van der Waals surface area contributed by atoms with Crippen LogP contribution < -0.4 is 4.74 Å². The lowest BCUT2D eigenvalue weighted by atomic mass is 10.2. The Morgan fingerprint density at radius 1 is 1.48 bits per heavy atom. The first-order valence-corrected chi connectivity index (χ1v) is 6.58. The summed E-state index contributed by atoms with van der Waals surface area (Å²) >= 11 is 0.948. The Morgan fingerprint density at radius 3 is 2.67 bits per heavy atom. The van der Waals surface area contributed by atoms with E-state index in [-0.39, 0.29) is 10.4 Å². The van der Waals surface area contributed by atoms with Gasteiger partial charge in [0, 0.05) is 30.3 Å². The van der Waals surface area contributed by atoms with Crippen molar-refractivity contribution in [3.63, 3.8) is 0 Å². The Kier molecular flexibility index (Phi) is 4.21. The van der Waals surface area contributed by atoms with Crippen molar-refractivity contribution in [1.29, 1.82) is 0 Å². The fraction of sp³-hybridized carbons (Fsp3) is 0.333. The molecule has 1 atom stereocenters. The summed E-state index contributed by atoms with van der Waals surface area (Å²) in [4.78, 5) is 11.8. The van der Waals surface area contributed by atoms with E-state index >= 15 is 0 Å². The number of aryl methyl sites for hydroxylation is 1. The molecule has 21 heavy (non-hydrogen) atoms. The number of carbonyl (C=O) groups is 1. The van der Waals surface area contributed by atoms with E-state index in [2.05, 4.69) is 9.84 Å². The van der Waals surface area contributed by atoms with Crippen molar-refractivity contribution in [2.24, 2.45) is 7.05 Å². The summed E-state index contributed by atoms with van der Waals surface area (Å²) in [5.41, 5.74) is -0.234. The van der Waals surface area contributed by atoms with E-state index in [0.29, 0.717) is 5.75 Å². The zero-order chi connectivity index (χ0) is 15.6. The largest absolute Gasteiger partial charge is 0.496 e. The van der Waals surface area contributed by atoms with Crippen LogP contribution in [0.5, 0.6) is 5.75 Å². The summed E-state index contributed by atoms with van der Waals surface area (Å²) in [5.74, 6) is -0.675. The van der Waals surface area contributed by atoms with Crippen molar-refractivity contribution in [3.8, 4) is 5.75 Å². The molecule has 0 N–H and O–H groups in total. The molecule has 0 saturated heterocycles. The highest BCUT2D eigenvalue weighted by atomic mass is 32.1. The summed E-state index contributed by atoms with van der Waals surface area (Å²) < 4.78 is 49.8. The molecule has 0 saturated carbocycles. The third kappa shape index (κ3) is 3.54. The molecular weight excluding hydrogens is 309 g/mol. The predicted molar refractivity (Wildman–Crippen MR) is 68.3 cm³/mol. The van der Waals surface area contributed by atoms with Crippen LogP contribution in [-0.2, 0) is 11.8 Å². The maximum atomic E-state index is 13.0. The highest BCUT2D eigenvalue weighted by Gasteiger charge is 2.45. The lowest BCUT2D eigenvalue weighted by molar-refractivity contribution is -0.207. The van der Waals surface area contributed by atoms with Gasteiger partial charge >= 0.3 is 12.1 Å². The number of halogens is 3. The molecule has 0 aliphatic rings. The number of esters is 1. The van der Waals surface area contributed by atoms with Gasteiger partial charge < -0.3 is 9.47 Å². The van der Waals surface area contributed by atoms with Crippen LogP contribution in [0.15, 0.2) is 23.8 Å². The third-order valence-corrected chi connectivity index (χ3v) is 3.45. The molecule has 0 bridgehead atoms. The minimum absolute atomic E-state index is 0.0324. The smallest absolute Gasteiger partial charge is 0.429 e. The maximum absolute atomic E-state index is 13.0. The molecule has 0 spiro atoms. The first kappa shape index (κ1) is 15.4. The van der Waals surface area contributed by atoms with Gasteiger partial charge in [0.05, 0.1) is 13.3 Å². The number of rotatable bonds is 4. The average molecular weight is 320 g/mol. The van der Waals surface area contributed by atoms with Gasteiger partial charge in [0.2, 0.25) is 6.10 Å². The van der Waals surface area contributed by atoms with E-state index in [1.165, 1.54) is 30.3 Å². The number of hydrogen-bond acceptors (Lipinski definition) is 5. The summed E-state index contributed by atoms with van der Waals surface area (Å²) in [6.45, 7) is 0. The summed E-state index contributed by atoms with van der Waals surface area (Å²) in [7, 11) is 2.87. The number of carbonyl (C=O) groups excluding carboxylic acids is 1. The first-order valence-electron chi connectivity index (χ1n) is 5.70. The average Bonchev–Trinajstić information content (AvgIpc) is 3.02. The van der Waals surface area contributed by atoms with E-state index in [4.69, 9.17) is 4.74 Å². The number of alkyl halides is 3. The molecule has 0 amide bonds. The molecular formula is C12H11F3N2O3S. The zero-order valence-electron chi connectivity index (χ0n) is 11.0. The van der Waals surface area contributed by atoms with Crippen molar-refractivity contribution in [2.75, 3.05) is 7.11 Å². The molecule has 2 rings (SSSR count). The molecule has 0 aromatic carbocycles. The van der Waals surface area contributed by atoms with Gasteiger partial charge in [-0.1, -0.05) is 0 Å². The third-order valence-electron chi connectivity index (χ3n) is 2.56. The van der Waals surface area contributed by atoms with Gasteiger partial charge in [0.15, 0.2) is 0 Å². The molecule has 114 valence electrons. The van der Waals surface area contributed by atoms with Crippen LogP contribution in [0.4, 0.5) is 13.2 Å². The fourth-order valence-corrected chi connectivity index (χ4v) is 2.33. The van der Waals surface area contributed by atoms with Crippen molar-refractivity contribution in [2.45, 2.75) is 12.3 Å². The van der Waals surface area contributed by atoms with E-state index in [0.717, 1.165) is 23.7 Å². The molecule has 9 heteroatoms. The van der Waals surface area contributed by atoms with Gasteiger partial charge in [0.25, 0.3) is 0 Å². The topological polar surface area (TPSA) is 53.4 Å². The summed E-state index contributed by atoms with van der Waals surface area (Å²) in [5, 5.41) is 5.16. The standard InChI is InChI=1S/C12H11F3N2O3S/c1-17-5-7(4-16-17)10(12(13,14)15)20-11(18)9-3-8(19-2)6-21-9/h3-6,10H,1-2H3/t10-/m1/s1. The molecule has 5 nitrogen and oxygen atoms in total. The molecule has 0 aliphatic carbocycles. The van der Waals surface area contributed by atoms with Crippen LogP contribution in [0.25, 0.3) is 0 Å². The predicted octanol–water partition coefficient (Wildman–Crippen LogP) is 2.95. The molecule has 2 heterocycles. The van der Waals surface area contributed by atoms with E-state index in [9.17, 15) is 18.0 Å². The fourth-order valence-electron chi connectivity index (χ4n) is 1.60. The molecule has 0 unspecified atom stereocenters. The van der Waals surface area contributed by atoms with Crippen molar-refractivity contribution < 1.29 is 27.4 Å². The van der Waals surface area contributed by atoms with Gasteiger partial charge in [0.1, 0.15) is 10.6 Å². The number of nitrogens with zero attached hydrogens (tertiary/aromatic N) is 2. The van der Waals surface area contributed by atoms with Gasteiger partial charge in [-0.25, -0.2) is 4.79 Å². The second-order valence-corrected chi connectivity index (χ2v) is 5.04. The number of ether oxygens (including phenoxy) is 2. The Morgan fingerprint density at radius 2 is 2.19 bits per heavy atom. The van der Waals surface area contributed by atoms with Crippen LogP contribution in [0.3, 0.4) is 0 Å². The monoisotopic (exact) mass is 320 g/mol. The van der Waals surface area contributed by atoms with Crippen molar-refractivity contribution in [1.82, 2.24) is 9.78 Å². The Balaban J connectivity index is 2.21. The normalized spacial score (nSPS) is 13.0. The molecule has 0 aliphatic heterocycles. The van der Waals surface area contributed by atoms with E-state index < -0.39 is 18.2 Å². The summed E-state index contributed by atoms with van der Waals surface area (Å²) in [6.07, 6.45) is -4.91. The highest BCUT2D eigenvalue weighted by molar-refractivity contribution is 7.12. The second kappa shape index (κ2) is 5.76. The Labute approximate surface area is 121 Å². The molecule has 2 aromatic heterocycles. The lowest BCUT2D eigenvalue weighted by Gasteiger charge is -2.19. The first-order chi connectivity index (χ1) is 9.81. The molecule has 0 radical (unpaired) electrons. The van der Waals surface area contributed by atoms with Gasteiger partial charge in [-0.15, -0.1) is 11.3 Å². The lowest BCUT2D eigenvalue weighted by Crippen LogP contribution is -2.25. The Bertz CT molecular complexity index is 636. The zero-order valence-corrected chi connectivity index (χ0v) is 11.9. The quantitative estimate of drug-likeness (QED) is 0.813.